The van der Waals surface area contributed by atoms with Crippen LogP contribution in [0.3, 0.4) is 0 Å². The number of carbonyl (C=O) groups excluding carboxylic acids is 1. The van der Waals surface area contributed by atoms with Gasteiger partial charge >= 0.3 is 6.18 Å². The molecule has 3 rings (SSSR count). The van der Waals surface area contributed by atoms with Crippen molar-refractivity contribution in [2.45, 2.75) is 23.5 Å². The van der Waals surface area contributed by atoms with Crippen molar-refractivity contribution in [3.8, 4) is 0 Å². The molecule has 6 nitrogen and oxygen atoms in total. The highest BCUT2D eigenvalue weighted by Gasteiger charge is 2.35. The van der Waals surface area contributed by atoms with Gasteiger partial charge in [-0.25, -0.2) is 8.42 Å². The molecule has 0 aliphatic heterocycles. The van der Waals surface area contributed by atoms with Crippen LogP contribution in [0.2, 0.25) is 0 Å². The SMILES string of the molecule is C=C/C=C(Cc1cc2cc(C(=O)N[C@@H](CO)c3ccc([SH](=O)=O)cc3)ccc2[nH]1)\C(=C/C=C)C(F)(F)F. The topological polar surface area (TPSA) is 99.3 Å². The summed E-state index contributed by atoms with van der Waals surface area (Å²) in [6.45, 7) is 6.46. The summed E-state index contributed by atoms with van der Waals surface area (Å²) in [6, 6.07) is 11.5. The second-order valence-electron chi connectivity index (χ2n) is 8.07. The third kappa shape index (κ3) is 6.87. The van der Waals surface area contributed by atoms with Crippen molar-refractivity contribution >= 4 is 27.5 Å². The maximum Gasteiger partial charge on any atom is 0.416 e. The molecule has 10 heteroatoms. The van der Waals surface area contributed by atoms with Crippen LogP contribution in [0.25, 0.3) is 10.9 Å². The van der Waals surface area contributed by atoms with E-state index in [1.807, 2.05) is 0 Å². The second kappa shape index (κ2) is 11.9. The minimum absolute atomic E-state index is 0.00486. The molecule has 37 heavy (non-hydrogen) atoms. The van der Waals surface area contributed by atoms with Crippen molar-refractivity contribution in [3.05, 3.63) is 114 Å². The van der Waals surface area contributed by atoms with Crippen LogP contribution in [0.1, 0.15) is 27.7 Å². The molecule has 1 atom stereocenters. The molecule has 0 saturated carbocycles. The van der Waals surface area contributed by atoms with Crippen LogP contribution in [-0.2, 0) is 17.1 Å². The van der Waals surface area contributed by atoms with Gasteiger partial charge in [-0.1, -0.05) is 49.6 Å². The highest BCUT2D eigenvalue weighted by molar-refractivity contribution is 7.72. The summed E-state index contributed by atoms with van der Waals surface area (Å²) in [5.74, 6) is -0.483. The van der Waals surface area contributed by atoms with Crippen molar-refractivity contribution in [2.24, 2.45) is 0 Å². The van der Waals surface area contributed by atoms with Gasteiger partial charge in [-0.15, -0.1) is 0 Å². The minimum Gasteiger partial charge on any atom is -0.394 e. The van der Waals surface area contributed by atoms with Gasteiger partial charge in [0.15, 0.2) is 10.7 Å². The number of hydrogen-bond donors (Lipinski definition) is 4. The maximum atomic E-state index is 13.5. The molecule has 1 amide bonds. The average Bonchev–Trinajstić information content (AvgIpc) is 3.26. The van der Waals surface area contributed by atoms with Crippen molar-refractivity contribution in [3.63, 3.8) is 0 Å². The number of aromatic amines is 1. The summed E-state index contributed by atoms with van der Waals surface area (Å²) in [5, 5.41) is 13.1. The maximum absolute atomic E-state index is 13.5. The summed E-state index contributed by atoms with van der Waals surface area (Å²) < 4.78 is 62.8. The largest absolute Gasteiger partial charge is 0.416 e. The number of amides is 1. The van der Waals surface area contributed by atoms with Crippen LogP contribution in [0.15, 0.2) is 102 Å². The fourth-order valence-electron chi connectivity index (χ4n) is 3.83. The first-order chi connectivity index (χ1) is 17.6. The molecule has 0 aliphatic rings. The molecular weight excluding hydrogens is 505 g/mol. The first kappa shape index (κ1) is 27.7. The Kier molecular flexibility index (Phi) is 8.90. The van der Waals surface area contributed by atoms with Crippen LogP contribution < -0.4 is 5.32 Å². The van der Waals surface area contributed by atoms with E-state index in [1.165, 1.54) is 36.4 Å². The van der Waals surface area contributed by atoms with E-state index < -0.39 is 41.0 Å². The predicted molar refractivity (Wildman–Crippen MR) is 137 cm³/mol. The first-order valence-electron chi connectivity index (χ1n) is 11.1. The highest BCUT2D eigenvalue weighted by Crippen LogP contribution is 2.33. The molecular formula is C27H25F3N2O4S. The third-order valence-electron chi connectivity index (χ3n) is 5.57. The number of aromatic nitrogens is 1. The summed E-state index contributed by atoms with van der Waals surface area (Å²) in [4.78, 5) is 16.0. The van der Waals surface area contributed by atoms with E-state index in [1.54, 1.807) is 24.3 Å². The van der Waals surface area contributed by atoms with Gasteiger partial charge in [0.25, 0.3) is 5.91 Å². The van der Waals surface area contributed by atoms with E-state index in [4.69, 9.17) is 0 Å². The number of benzene rings is 2. The Morgan fingerprint density at radius 2 is 1.73 bits per heavy atom. The van der Waals surface area contributed by atoms with Crippen LogP contribution in [-0.4, -0.2) is 37.2 Å². The normalized spacial score (nSPS) is 13.5. The van der Waals surface area contributed by atoms with Gasteiger partial charge in [0.05, 0.1) is 23.1 Å². The monoisotopic (exact) mass is 530 g/mol. The molecule has 1 aromatic heterocycles. The zero-order chi connectivity index (χ0) is 27.2. The van der Waals surface area contributed by atoms with Gasteiger partial charge in [-0.05, 0) is 47.5 Å². The van der Waals surface area contributed by atoms with Gasteiger partial charge in [0, 0.05) is 28.6 Å². The third-order valence-corrected chi connectivity index (χ3v) is 6.29. The number of aliphatic hydroxyl groups excluding tert-OH is 1. The number of hydrogen-bond acceptors (Lipinski definition) is 4. The summed E-state index contributed by atoms with van der Waals surface area (Å²) in [5.41, 5.74) is 1.12. The molecule has 3 aromatic rings. The van der Waals surface area contributed by atoms with Crippen molar-refractivity contribution in [2.75, 3.05) is 6.61 Å². The Morgan fingerprint density at radius 1 is 1.05 bits per heavy atom. The van der Waals surface area contributed by atoms with Crippen LogP contribution in [0, 0.1) is 0 Å². The molecule has 0 radical (unpaired) electrons. The van der Waals surface area contributed by atoms with Gasteiger partial charge < -0.3 is 15.4 Å². The molecule has 0 saturated heterocycles. The molecule has 0 aliphatic carbocycles. The zero-order valence-corrected chi connectivity index (χ0v) is 20.5. The number of halogens is 3. The van der Waals surface area contributed by atoms with Crippen molar-refractivity contribution in [1.82, 2.24) is 10.3 Å². The smallest absolute Gasteiger partial charge is 0.394 e. The van der Waals surface area contributed by atoms with E-state index in [2.05, 4.69) is 23.5 Å². The molecule has 0 unspecified atom stereocenters. The lowest BCUT2D eigenvalue weighted by Gasteiger charge is -2.17. The Balaban J connectivity index is 1.83. The average molecular weight is 531 g/mol. The lowest BCUT2D eigenvalue weighted by Crippen LogP contribution is -2.30. The van der Waals surface area contributed by atoms with E-state index >= 15 is 0 Å². The van der Waals surface area contributed by atoms with Crippen molar-refractivity contribution < 1.29 is 31.5 Å². The van der Waals surface area contributed by atoms with Gasteiger partial charge in [-0.3, -0.25) is 4.79 Å². The molecule has 0 bridgehead atoms. The number of H-pyrrole nitrogens is 1. The summed E-state index contributed by atoms with van der Waals surface area (Å²) in [7, 11) is -2.74. The number of fused-ring (bicyclic) bond motifs is 1. The second-order valence-corrected chi connectivity index (χ2v) is 9.10. The number of rotatable bonds is 10. The van der Waals surface area contributed by atoms with E-state index in [0.29, 0.717) is 22.2 Å². The van der Waals surface area contributed by atoms with Gasteiger partial charge in [0.2, 0.25) is 0 Å². The predicted octanol–water partition coefficient (Wildman–Crippen LogP) is 4.93. The fraction of sp³-hybridized carbons (Fsp3) is 0.148. The Bertz CT molecular complexity index is 1440. The number of carbonyl (C=O) groups is 1. The molecule has 3 N–H and O–H groups in total. The van der Waals surface area contributed by atoms with E-state index in [0.717, 1.165) is 12.2 Å². The summed E-state index contributed by atoms with van der Waals surface area (Å²) in [6.07, 6.45) is -0.0600. The summed E-state index contributed by atoms with van der Waals surface area (Å²) >= 11 is 0. The Hall–Kier alpha value is -3.89. The number of allylic oxidation sites excluding steroid dienone is 6. The number of alkyl halides is 3. The van der Waals surface area contributed by atoms with Crippen LogP contribution in [0.5, 0.6) is 0 Å². The van der Waals surface area contributed by atoms with Crippen LogP contribution in [0.4, 0.5) is 13.2 Å². The van der Waals surface area contributed by atoms with Gasteiger partial charge in [0.1, 0.15) is 0 Å². The Morgan fingerprint density at radius 3 is 2.30 bits per heavy atom. The molecule has 0 spiro atoms. The molecule has 0 fully saturated rings. The molecule has 2 aromatic carbocycles. The lowest BCUT2D eigenvalue weighted by atomic mass is 9.99. The lowest BCUT2D eigenvalue weighted by molar-refractivity contribution is -0.0894. The minimum atomic E-state index is -4.57. The number of aliphatic hydroxyl groups is 1. The molecule has 194 valence electrons. The zero-order valence-electron chi connectivity index (χ0n) is 19.6. The van der Waals surface area contributed by atoms with E-state index in [-0.39, 0.29) is 22.5 Å². The van der Waals surface area contributed by atoms with Crippen LogP contribution >= 0.6 is 0 Å². The standard InChI is InChI=1S/C27H25F3N2O4S/c1-3-5-18(23(6-4-2)27(28,29)30)14-21-15-20-13-19(9-12-24(20)31-21)26(34)32-25(16-33)17-7-10-22(11-8-17)37(35)36/h3-13,15,25,31,33,37H,1-2,14,16H2,(H,32,34)/b18-5-,23-6+/t25-/m0/s1. The quantitative estimate of drug-likeness (QED) is 0.221. The van der Waals surface area contributed by atoms with Crippen molar-refractivity contribution in [1.29, 1.82) is 0 Å². The number of thiol groups is 1. The van der Waals surface area contributed by atoms with E-state index in [9.17, 15) is 31.5 Å². The Labute approximate surface area is 213 Å². The van der Waals surface area contributed by atoms with Gasteiger partial charge in [-0.2, -0.15) is 13.2 Å². The highest BCUT2D eigenvalue weighted by atomic mass is 32.2. The first-order valence-corrected chi connectivity index (χ1v) is 12.2. The molecule has 1 heterocycles. The fourth-order valence-corrected chi connectivity index (χ4v) is 4.22. The number of nitrogens with one attached hydrogen (secondary N) is 2.